The Hall–Kier alpha value is -2.31. The molecular weight excluding hydrogens is 394 g/mol. The summed E-state index contributed by atoms with van der Waals surface area (Å²) in [5.41, 5.74) is -0.320. The first-order valence-corrected chi connectivity index (χ1v) is 11.4. The molecule has 0 saturated carbocycles. The number of aromatic nitrogens is 1. The molecular formula is C24H39N3O4. The molecule has 0 spiro atoms. The lowest BCUT2D eigenvalue weighted by Gasteiger charge is -2.38. The van der Waals surface area contributed by atoms with Gasteiger partial charge in [-0.3, -0.25) is 4.90 Å². The van der Waals surface area contributed by atoms with E-state index in [4.69, 9.17) is 9.47 Å². The van der Waals surface area contributed by atoms with Crippen molar-refractivity contribution in [3.8, 4) is 0 Å². The number of piperidine rings is 1. The zero-order chi connectivity index (χ0) is 23.2. The van der Waals surface area contributed by atoms with Gasteiger partial charge in [0, 0.05) is 24.8 Å². The zero-order valence-electron chi connectivity index (χ0n) is 20.2. The van der Waals surface area contributed by atoms with Crippen LogP contribution in [0.15, 0.2) is 18.3 Å². The predicted octanol–water partition coefficient (Wildman–Crippen LogP) is 6.09. The SMILES string of the molecule is CCCCN(C(=O)OC(C)(C)C)c1ncccc1C1CCCCN1C(=O)OC(C)(C)C. The molecule has 0 aromatic carbocycles. The summed E-state index contributed by atoms with van der Waals surface area (Å²) in [4.78, 5) is 34.0. The Bertz CT molecular complexity index is 752. The first-order chi connectivity index (χ1) is 14.4. The zero-order valence-corrected chi connectivity index (χ0v) is 20.2. The highest BCUT2D eigenvalue weighted by atomic mass is 16.6. The number of rotatable bonds is 5. The monoisotopic (exact) mass is 433 g/mol. The smallest absolute Gasteiger partial charge is 0.416 e. The Morgan fingerprint density at radius 2 is 1.81 bits per heavy atom. The van der Waals surface area contributed by atoms with Crippen molar-refractivity contribution >= 4 is 18.0 Å². The average molecular weight is 434 g/mol. The molecule has 7 nitrogen and oxygen atoms in total. The van der Waals surface area contributed by atoms with Gasteiger partial charge in [0.1, 0.15) is 17.0 Å². The molecule has 1 aromatic heterocycles. The van der Waals surface area contributed by atoms with E-state index in [9.17, 15) is 9.59 Å². The van der Waals surface area contributed by atoms with Gasteiger partial charge in [0.15, 0.2) is 0 Å². The fourth-order valence-corrected chi connectivity index (χ4v) is 3.61. The van der Waals surface area contributed by atoms with Gasteiger partial charge < -0.3 is 14.4 Å². The average Bonchev–Trinajstić information content (AvgIpc) is 2.66. The van der Waals surface area contributed by atoms with Crippen LogP contribution in [0.2, 0.25) is 0 Å². The van der Waals surface area contributed by atoms with Crippen LogP contribution >= 0.6 is 0 Å². The Labute approximate surface area is 187 Å². The van der Waals surface area contributed by atoms with Crippen molar-refractivity contribution in [3.63, 3.8) is 0 Å². The second-order valence-corrected chi connectivity index (χ2v) is 10.1. The Balaban J connectivity index is 2.42. The van der Waals surface area contributed by atoms with Crippen LogP contribution in [-0.2, 0) is 9.47 Å². The number of hydrogen-bond acceptors (Lipinski definition) is 5. The number of anilines is 1. The topological polar surface area (TPSA) is 72.0 Å². The van der Waals surface area contributed by atoms with E-state index < -0.39 is 17.3 Å². The molecule has 0 N–H and O–H groups in total. The molecule has 0 bridgehead atoms. The maximum Gasteiger partial charge on any atom is 0.416 e. The fraction of sp³-hybridized carbons (Fsp3) is 0.708. The van der Waals surface area contributed by atoms with Crippen LogP contribution in [0.4, 0.5) is 15.4 Å². The molecule has 1 aliphatic rings. The maximum absolute atomic E-state index is 13.1. The lowest BCUT2D eigenvalue weighted by molar-refractivity contribution is 0.00955. The number of likely N-dealkylation sites (tertiary alicyclic amines) is 1. The quantitative estimate of drug-likeness (QED) is 0.562. The minimum atomic E-state index is -0.607. The van der Waals surface area contributed by atoms with Gasteiger partial charge in [0.2, 0.25) is 0 Å². The molecule has 174 valence electrons. The van der Waals surface area contributed by atoms with Gasteiger partial charge >= 0.3 is 12.2 Å². The summed E-state index contributed by atoms with van der Waals surface area (Å²) >= 11 is 0. The highest BCUT2D eigenvalue weighted by molar-refractivity contribution is 5.87. The lowest BCUT2D eigenvalue weighted by Crippen LogP contribution is -2.43. The standard InChI is InChI=1S/C24H39N3O4/c1-8-9-16-27(22(29)31-24(5,6)7)20-18(13-12-15-25-20)19-14-10-11-17-26(19)21(28)30-23(2,3)4/h12-13,15,19H,8-11,14,16-17H2,1-7H3. The second kappa shape index (κ2) is 10.3. The summed E-state index contributed by atoms with van der Waals surface area (Å²) in [5, 5.41) is 0. The van der Waals surface area contributed by atoms with Gasteiger partial charge in [-0.15, -0.1) is 0 Å². The van der Waals surface area contributed by atoms with Crippen LogP contribution in [0.1, 0.15) is 92.2 Å². The molecule has 7 heteroatoms. The molecule has 1 unspecified atom stereocenters. The second-order valence-electron chi connectivity index (χ2n) is 10.1. The fourth-order valence-electron chi connectivity index (χ4n) is 3.61. The molecule has 31 heavy (non-hydrogen) atoms. The van der Waals surface area contributed by atoms with Crippen LogP contribution in [0.25, 0.3) is 0 Å². The summed E-state index contributed by atoms with van der Waals surface area (Å²) in [6.45, 7) is 14.4. The van der Waals surface area contributed by atoms with E-state index >= 15 is 0 Å². The summed E-state index contributed by atoms with van der Waals surface area (Å²) in [6, 6.07) is 3.62. The first-order valence-electron chi connectivity index (χ1n) is 11.4. The number of pyridine rings is 1. The third-order valence-corrected chi connectivity index (χ3v) is 4.91. The van der Waals surface area contributed by atoms with Crippen LogP contribution in [0, 0.1) is 0 Å². The number of ether oxygens (including phenoxy) is 2. The van der Waals surface area contributed by atoms with Gasteiger partial charge in [-0.05, 0) is 73.3 Å². The number of unbranched alkanes of at least 4 members (excludes halogenated alkanes) is 1. The molecule has 2 heterocycles. The third kappa shape index (κ3) is 7.40. The molecule has 0 radical (unpaired) electrons. The minimum Gasteiger partial charge on any atom is -0.444 e. The summed E-state index contributed by atoms with van der Waals surface area (Å²) in [6.07, 6.45) is 5.43. The van der Waals surface area contributed by atoms with E-state index in [1.54, 1.807) is 16.0 Å². The van der Waals surface area contributed by atoms with Crippen LogP contribution in [-0.4, -0.2) is 46.4 Å². The lowest BCUT2D eigenvalue weighted by atomic mass is 9.95. The summed E-state index contributed by atoms with van der Waals surface area (Å²) < 4.78 is 11.3. The van der Waals surface area contributed by atoms with Gasteiger partial charge in [-0.25, -0.2) is 14.6 Å². The molecule has 2 amide bonds. The van der Waals surface area contributed by atoms with E-state index in [2.05, 4.69) is 11.9 Å². The van der Waals surface area contributed by atoms with Crippen molar-refractivity contribution in [1.82, 2.24) is 9.88 Å². The molecule has 2 rings (SSSR count). The largest absolute Gasteiger partial charge is 0.444 e. The highest BCUT2D eigenvalue weighted by Crippen LogP contribution is 2.37. The summed E-state index contributed by atoms with van der Waals surface area (Å²) in [7, 11) is 0. The highest BCUT2D eigenvalue weighted by Gasteiger charge is 2.35. The Morgan fingerprint density at radius 3 is 2.42 bits per heavy atom. The van der Waals surface area contributed by atoms with Crippen molar-refractivity contribution in [1.29, 1.82) is 0 Å². The Kier molecular flexibility index (Phi) is 8.32. The molecule has 1 aromatic rings. The number of carbonyl (C=O) groups is 2. The predicted molar refractivity (Wildman–Crippen MR) is 122 cm³/mol. The van der Waals surface area contributed by atoms with Gasteiger partial charge in [-0.1, -0.05) is 19.4 Å². The maximum atomic E-state index is 13.1. The van der Waals surface area contributed by atoms with Gasteiger partial charge in [0.05, 0.1) is 6.04 Å². The third-order valence-electron chi connectivity index (χ3n) is 4.91. The minimum absolute atomic E-state index is 0.195. The van der Waals surface area contributed by atoms with Crippen molar-refractivity contribution in [3.05, 3.63) is 23.9 Å². The molecule has 0 aliphatic carbocycles. The number of hydrogen-bond donors (Lipinski definition) is 0. The van der Waals surface area contributed by atoms with Gasteiger partial charge in [0.25, 0.3) is 0 Å². The molecule has 1 atom stereocenters. The van der Waals surface area contributed by atoms with E-state index in [1.807, 2.05) is 53.7 Å². The number of carbonyl (C=O) groups excluding carboxylic acids is 2. The number of amides is 2. The van der Waals surface area contributed by atoms with Crippen molar-refractivity contribution in [2.24, 2.45) is 0 Å². The van der Waals surface area contributed by atoms with Crippen molar-refractivity contribution in [2.75, 3.05) is 18.0 Å². The van der Waals surface area contributed by atoms with Crippen LogP contribution in [0.5, 0.6) is 0 Å². The molecule has 1 fully saturated rings. The normalized spacial score (nSPS) is 17.3. The first kappa shape index (κ1) is 25.0. The van der Waals surface area contributed by atoms with E-state index in [0.717, 1.165) is 37.7 Å². The van der Waals surface area contributed by atoms with E-state index in [1.165, 1.54) is 0 Å². The molecule has 1 aliphatic heterocycles. The summed E-state index contributed by atoms with van der Waals surface area (Å²) in [5.74, 6) is 0.561. The van der Waals surface area contributed by atoms with Crippen molar-refractivity contribution < 1.29 is 19.1 Å². The van der Waals surface area contributed by atoms with E-state index in [-0.39, 0.29) is 12.1 Å². The Morgan fingerprint density at radius 1 is 1.13 bits per heavy atom. The molecule has 1 saturated heterocycles. The van der Waals surface area contributed by atoms with Crippen LogP contribution in [0.3, 0.4) is 0 Å². The van der Waals surface area contributed by atoms with Crippen molar-refractivity contribution in [2.45, 2.75) is 97.8 Å². The van der Waals surface area contributed by atoms with Gasteiger partial charge in [-0.2, -0.15) is 0 Å². The van der Waals surface area contributed by atoms with Crippen LogP contribution < -0.4 is 4.90 Å². The number of nitrogens with zero attached hydrogens (tertiary/aromatic N) is 3. The van der Waals surface area contributed by atoms with E-state index in [0.29, 0.717) is 18.9 Å².